The molecule has 1 aromatic rings. The van der Waals surface area contributed by atoms with E-state index in [0.29, 0.717) is 6.04 Å². The number of halogens is 1. The lowest BCUT2D eigenvalue weighted by Gasteiger charge is -2.32. The van der Waals surface area contributed by atoms with E-state index >= 15 is 0 Å². The van der Waals surface area contributed by atoms with Crippen molar-refractivity contribution in [3.8, 4) is 0 Å². The van der Waals surface area contributed by atoms with Crippen molar-refractivity contribution in [2.45, 2.75) is 52.7 Å². The third kappa shape index (κ3) is 11.0. The summed E-state index contributed by atoms with van der Waals surface area (Å²) in [4.78, 5) is 11.8. The summed E-state index contributed by atoms with van der Waals surface area (Å²) in [6.45, 7) is 16.6. The van der Waals surface area contributed by atoms with E-state index in [1.807, 2.05) is 7.05 Å². The quantitative estimate of drug-likeness (QED) is 0.255. The minimum Gasteiger partial charge on any atom is -0.354 e. The summed E-state index contributed by atoms with van der Waals surface area (Å²) in [5.74, 6) is 0.881. The molecule has 0 aromatic heterocycles. The van der Waals surface area contributed by atoms with E-state index in [1.54, 1.807) is 0 Å². The Morgan fingerprint density at radius 3 is 2.26 bits per heavy atom. The highest BCUT2D eigenvalue weighted by Crippen LogP contribution is 2.10. The van der Waals surface area contributed by atoms with Crippen LogP contribution in [0.25, 0.3) is 0 Å². The third-order valence-electron chi connectivity index (χ3n) is 6.10. The standard InChI is InChI=1S/C24H44N6.HI/c1-6-29(7-2)14-8-9-21(3)27-24(25-4)26-19-22-10-12-23(13-11-22)20-30-17-15-28(5)16-18-30;/h10-13,21H,6-9,14-20H2,1-5H3,(H2,25,26,27);1H. The van der Waals surface area contributed by atoms with Crippen LogP contribution >= 0.6 is 24.0 Å². The summed E-state index contributed by atoms with van der Waals surface area (Å²) < 4.78 is 0. The molecule has 1 aliphatic rings. The average Bonchev–Trinajstić information content (AvgIpc) is 2.76. The van der Waals surface area contributed by atoms with Gasteiger partial charge >= 0.3 is 0 Å². The fraction of sp³-hybridized carbons (Fsp3) is 0.708. The number of hydrogen-bond acceptors (Lipinski definition) is 4. The summed E-state index contributed by atoms with van der Waals surface area (Å²) in [7, 11) is 4.05. The number of rotatable bonds is 11. The Hall–Kier alpha value is -0.900. The smallest absolute Gasteiger partial charge is 0.191 e. The summed E-state index contributed by atoms with van der Waals surface area (Å²) in [5, 5.41) is 6.98. The van der Waals surface area contributed by atoms with Gasteiger partial charge in [-0.05, 0) is 57.6 Å². The molecule has 1 atom stereocenters. The van der Waals surface area contributed by atoms with Gasteiger partial charge < -0.3 is 20.4 Å². The van der Waals surface area contributed by atoms with E-state index in [-0.39, 0.29) is 24.0 Å². The van der Waals surface area contributed by atoms with E-state index in [2.05, 4.69) is 82.4 Å². The lowest BCUT2D eigenvalue weighted by Crippen LogP contribution is -2.43. The van der Waals surface area contributed by atoms with Gasteiger partial charge in [-0.2, -0.15) is 0 Å². The van der Waals surface area contributed by atoms with Gasteiger partial charge in [0, 0.05) is 52.4 Å². The first-order valence-corrected chi connectivity index (χ1v) is 11.7. The second-order valence-corrected chi connectivity index (χ2v) is 8.54. The number of aliphatic imine (C=N–C) groups is 1. The molecule has 0 saturated carbocycles. The molecule has 1 aromatic carbocycles. The summed E-state index contributed by atoms with van der Waals surface area (Å²) in [6, 6.07) is 9.42. The minimum absolute atomic E-state index is 0. The average molecular weight is 545 g/mol. The van der Waals surface area contributed by atoms with E-state index in [9.17, 15) is 0 Å². The summed E-state index contributed by atoms with van der Waals surface area (Å²) in [5.41, 5.74) is 2.68. The molecular formula is C24H45IN6. The Morgan fingerprint density at radius 1 is 1.06 bits per heavy atom. The molecule has 31 heavy (non-hydrogen) atoms. The molecule has 1 heterocycles. The van der Waals surface area contributed by atoms with E-state index in [0.717, 1.165) is 51.6 Å². The van der Waals surface area contributed by atoms with Crippen LogP contribution in [0.4, 0.5) is 0 Å². The monoisotopic (exact) mass is 544 g/mol. The highest BCUT2D eigenvalue weighted by molar-refractivity contribution is 14.0. The molecule has 0 radical (unpaired) electrons. The first-order chi connectivity index (χ1) is 14.5. The highest BCUT2D eigenvalue weighted by Gasteiger charge is 2.13. The molecule has 1 unspecified atom stereocenters. The van der Waals surface area contributed by atoms with Gasteiger partial charge in [0.15, 0.2) is 5.96 Å². The molecule has 0 spiro atoms. The number of benzene rings is 1. The number of nitrogens with one attached hydrogen (secondary N) is 2. The Morgan fingerprint density at radius 2 is 1.68 bits per heavy atom. The molecule has 2 rings (SSSR count). The maximum Gasteiger partial charge on any atom is 0.191 e. The molecule has 6 nitrogen and oxygen atoms in total. The molecule has 0 aliphatic carbocycles. The van der Waals surface area contributed by atoms with Crippen molar-refractivity contribution in [1.82, 2.24) is 25.3 Å². The van der Waals surface area contributed by atoms with E-state index in [4.69, 9.17) is 0 Å². The second kappa shape index (κ2) is 15.8. The Kier molecular flexibility index (Phi) is 14.4. The minimum atomic E-state index is 0. The predicted octanol–water partition coefficient (Wildman–Crippen LogP) is 3.23. The first kappa shape index (κ1) is 28.1. The third-order valence-corrected chi connectivity index (χ3v) is 6.10. The molecule has 0 bridgehead atoms. The lowest BCUT2D eigenvalue weighted by molar-refractivity contribution is 0.148. The molecule has 0 amide bonds. The van der Waals surface area contributed by atoms with Crippen LogP contribution in [0.1, 0.15) is 44.7 Å². The SMILES string of the molecule is CCN(CC)CCCC(C)NC(=NC)NCc1ccc(CN2CCN(C)CC2)cc1.I. The van der Waals surface area contributed by atoms with Gasteiger partial charge in [0.2, 0.25) is 0 Å². The van der Waals surface area contributed by atoms with Gasteiger partial charge in [0.1, 0.15) is 0 Å². The Balaban J connectivity index is 0.00000480. The number of hydrogen-bond donors (Lipinski definition) is 2. The first-order valence-electron chi connectivity index (χ1n) is 11.7. The van der Waals surface area contributed by atoms with Crippen LogP contribution in [0.5, 0.6) is 0 Å². The van der Waals surface area contributed by atoms with Crippen LogP contribution < -0.4 is 10.6 Å². The molecular weight excluding hydrogens is 499 g/mol. The maximum absolute atomic E-state index is 4.39. The normalized spacial score (nSPS) is 16.8. The van der Waals surface area contributed by atoms with Crippen LogP contribution in [0.15, 0.2) is 29.3 Å². The van der Waals surface area contributed by atoms with Gasteiger partial charge in [0.25, 0.3) is 0 Å². The van der Waals surface area contributed by atoms with Gasteiger partial charge in [0.05, 0.1) is 0 Å². The molecule has 1 aliphatic heterocycles. The summed E-state index contributed by atoms with van der Waals surface area (Å²) in [6.07, 6.45) is 2.36. The largest absolute Gasteiger partial charge is 0.354 e. The Labute approximate surface area is 207 Å². The number of nitrogens with zero attached hydrogens (tertiary/aromatic N) is 4. The zero-order chi connectivity index (χ0) is 21.8. The number of guanidine groups is 1. The van der Waals surface area contributed by atoms with Crippen molar-refractivity contribution in [3.05, 3.63) is 35.4 Å². The van der Waals surface area contributed by atoms with Crippen LogP contribution in [0, 0.1) is 0 Å². The molecule has 1 saturated heterocycles. The molecule has 7 heteroatoms. The van der Waals surface area contributed by atoms with E-state index in [1.165, 1.54) is 37.2 Å². The van der Waals surface area contributed by atoms with Gasteiger partial charge in [-0.3, -0.25) is 9.89 Å². The fourth-order valence-corrected chi connectivity index (χ4v) is 3.87. The van der Waals surface area contributed by atoms with Crippen molar-refractivity contribution in [1.29, 1.82) is 0 Å². The van der Waals surface area contributed by atoms with Crippen molar-refractivity contribution in [2.75, 3.05) is 59.9 Å². The van der Waals surface area contributed by atoms with Crippen molar-refractivity contribution in [2.24, 2.45) is 4.99 Å². The molecule has 2 N–H and O–H groups in total. The number of likely N-dealkylation sites (N-methyl/N-ethyl adjacent to an activating group) is 1. The second-order valence-electron chi connectivity index (χ2n) is 8.54. The topological polar surface area (TPSA) is 46.1 Å². The van der Waals surface area contributed by atoms with Crippen LogP contribution in [-0.4, -0.2) is 86.6 Å². The zero-order valence-electron chi connectivity index (χ0n) is 20.4. The highest BCUT2D eigenvalue weighted by atomic mass is 127. The van der Waals surface area contributed by atoms with Gasteiger partial charge in [-0.1, -0.05) is 38.1 Å². The van der Waals surface area contributed by atoms with Crippen LogP contribution in [0.3, 0.4) is 0 Å². The fourth-order valence-electron chi connectivity index (χ4n) is 3.87. The van der Waals surface area contributed by atoms with Crippen molar-refractivity contribution >= 4 is 29.9 Å². The molecule has 178 valence electrons. The Bertz CT molecular complexity index is 609. The summed E-state index contributed by atoms with van der Waals surface area (Å²) >= 11 is 0. The van der Waals surface area contributed by atoms with Crippen LogP contribution in [0.2, 0.25) is 0 Å². The van der Waals surface area contributed by atoms with Crippen LogP contribution in [-0.2, 0) is 13.1 Å². The number of piperazine rings is 1. The van der Waals surface area contributed by atoms with Gasteiger partial charge in [-0.25, -0.2) is 0 Å². The molecule has 1 fully saturated rings. The zero-order valence-corrected chi connectivity index (χ0v) is 22.7. The van der Waals surface area contributed by atoms with Crippen molar-refractivity contribution < 1.29 is 0 Å². The predicted molar refractivity (Wildman–Crippen MR) is 144 cm³/mol. The maximum atomic E-state index is 4.39. The van der Waals surface area contributed by atoms with E-state index < -0.39 is 0 Å². The van der Waals surface area contributed by atoms with Gasteiger partial charge in [-0.15, -0.1) is 24.0 Å². The van der Waals surface area contributed by atoms with Crippen molar-refractivity contribution in [3.63, 3.8) is 0 Å². The lowest BCUT2D eigenvalue weighted by atomic mass is 10.1.